The predicted molar refractivity (Wildman–Crippen MR) is 109 cm³/mol. The van der Waals surface area contributed by atoms with Gasteiger partial charge in [0.25, 0.3) is 0 Å². The zero-order chi connectivity index (χ0) is 19.0. The van der Waals surface area contributed by atoms with Crippen molar-refractivity contribution >= 4 is 26.4 Å². The number of aryl methyl sites for hydroxylation is 1. The summed E-state index contributed by atoms with van der Waals surface area (Å²) in [6.45, 7) is 5.00. The number of sulfone groups is 1. The smallest absolute Gasteiger partial charge is 0.210 e. The minimum Gasteiger partial charge on any atom is -0.367 e. The molecular formula is C22H24N2O2S. The average molecular weight is 381 g/mol. The number of piperidine rings is 1. The van der Waals surface area contributed by atoms with Crippen LogP contribution in [0.25, 0.3) is 10.9 Å². The van der Waals surface area contributed by atoms with Crippen molar-refractivity contribution in [3.05, 3.63) is 60.3 Å². The molecule has 27 heavy (non-hydrogen) atoms. The molecule has 2 heterocycles. The molecule has 4 nitrogen and oxygen atoms in total. The summed E-state index contributed by atoms with van der Waals surface area (Å²) in [5.74, 6) is 0. The van der Waals surface area contributed by atoms with Gasteiger partial charge in [0.2, 0.25) is 9.84 Å². The zero-order valence-corrected chi connectivity index (χ0v) is 16.5. The maximum Gasteiger partial charge on any atom is 0.210 e. The van der Waals surface area contributed by atoms with Gasteiger partial charge in [-0.3, -0.25) is 4.98 Å². The monoisotopic (exact) mass is 380 g/mol. The highest BCUT2D eigenvalue weighted by Gasteiger charge is 2.29. The zero-order valence-electron chi connectivity index (χ0n) is 15.7. The highest BCUT2D eigenvalue weighted by atomic mass is 32.2. The Bertz CT molecular complexity index is 1080. The van der Waals surface area contributed by atoms with Crippen molar-refractivity contribution in [2.45, 2.75) is 48.9 Å². The summed E-state index contributed by atoms with van der Waals surface area (Å²) in [6.07, 6.45) is 4.86. The van der Waals surface area contributed by atoms with Crippen molar-refractivity contribution < 1.29 is 8.42 Å². The summed E-state index contributed by atoms with van der Waals surface area (Å²) in [4.78, 5) is 7.34. The minimum absolute atomic E-state index is 0.302. The molecule has 1 atom stereocenters. The second-order valence-corrected chi connectivity index (χ2v) is 9.26. The van der Waals surface area contributed by atoms with Gasteiger partial charge in [-0.15, -0.1) is 0 Å². The SMILES string of the molecule is Cc1ccc(S(=O)(=O)c2cnc3ccccc3c2N2CCCC[C@@H]2C)cc1. The van der Waals surface area contributed by atoms with Crippen LogP contribution in [0.5, 0.6) is 0 Å². The molecule has 0 bridgehead atoms. The lowest BCUT2D eigenvalue weighted by Gasteiger charge is -2.37. The Morgan fingerprint density at radius 3 is 2.52 bits per heavy atom. The van der Waals surface area contributed by atoms with Crippen molar-refractivity contribution in [1.82, 2.24) is 4.98 Å². The molecule has 5 heteroatoms. The average Bonchev–Trinajstić information content (AvgIpc) is 2.68. The Morgan fingerprint density at radius 1 is 1.04 bits per heavy atom. The van der Waals surface area contributed by atoms with E-state index >= 15 is 0 Å². The first-order valence-electron chi connectivity index (χ1n) is 9.44. The van der Waals surface area contributed by atoms with E-state index < -0.39 is 9.84 Å². The van der Waals surface area contributed by atoms with Gasteiger partial charge in [0.15, 0.2) is 0 Å². The molecule has 3 aromatic rings. The molecule has 0 amide bonds. The van der Waals surface area contributed by atoms with Gasteiger partial charge in [0, 0.05) is 24.2 Å². The van der Waals surface area contributed by atoms with Crippen molar-refractivity contribution in [3.63, 3.8) is 0 Å². The first-order chi connectivity index (χ1) is 13.0. The summed E-state index contributed by atoms with van der Waals surface area (Å²) in [6, 6.07) is 15.2. The van der Waals surface area contributed by atoms with E-state index in [9.17, 15) is 8.42 Å². The number of hydrogen-bond donors (Lipinski definition) is 0. The number of fused-ring (bicyclic) bond motifs is 1. The quantitative estimate of drug-likeness (QED) is 0.658. The molecule has 0 spiro atoms. The molecule has 140 valence electrons. The number of benzene rings is 2. The molecule has 0 saturated carbocycles. The molecule has 1 saturated heterocycles. The van der Waals surface area contributed by atoms with E-state index in [1.807, 2.05) is 43.3 Å². The van der Waals surface area contributed by atoms with Crippen molar-refractivity contribution in [2.24, 2.45) is 0 Å². The summed E-state index contributed by atoms with van der Waals surface area (Å²) in [5.41, 5.74) is 2.66. The number of pyridine rings is 1. The van der Waals surface area contributed by atoms with E-state index in [-0.39, 0.29) is 0 Å². The Balaban J connectivity index is 1.97. The van der Waals surface area contributed by atoms with Crippen molar-refractivity contribution in [1.29, 1.82) is 0 Å². The summed E-state index contributed by atoms with van der Waals surface area (Å²) in [5, 5.41) is 0.902. The third kappa shape index (κ3) is 3.21. The van der Waals surface area contributed by atoms with E-state index in [0.29, 0.717) is 15.8 Å². The molecule has 4 rings (SSSR count). The van der Waals surface area contributed by atoms with Crippen LogP contribution in [0.1, 0.15) is 31.7 Å². The summed E-state index contributed by atoms with van der Waals surface area (Å²) >= 11 is 0. The van der Waals surface area contributed by atoms with Gasteiger partial charge in [0.1, 0.15) is 4.90 Å². The normalized spacial score (nSPS) is 18.0. The van der Waals surface area contributed by atoms with E-state index in [1.165, 1.54) is 12.6 Å². The van der Waals surface area contributed by atoms with Gasteiger partial charge in [-0.1, -0.05) is 35.9 Å². The summed E-state index contributed by atoms with van der Waals surface area (Å²) < 4.78 is 27.0. The van der Waals surface area contributed by atoms with Gasteiger partial charge < -0.3 is 4.90 Å². The van der Waals surface area contributed by atoms with Gasteiger partial charge in [-0.05, 0) is 51.3 Å². The number of hydrogen-bond acceptors (Lipinski definition) is 4. The minimum atomic E-state index is -3.65. The largest absolute Gasteiger partial charge is 0.367 e. The van der Waals surface area contributed by atoms with E-state index in [2.05, 4.69) is 16.8 Å². The van der Waals surface area contributed by atoms with Crippen LogP contribution in [-0.2, 0) is 9.84 Å². The molecule has 1 fully saturated rings. The van der Waals surface area contributed by atoms with Crippen LogP contribution in [-0.4, -0.2) is 26.0 Å². The molecule has 0 unspecified atom stereocenters. The first-order valence-corrected chi connectivity index (χ1v) is 10.9. The number of para-hydroxylation sites is 1. The number of nitrogens with zero attached hydrogens (tertiary/aromatic N) is 2. The van der Waals surface area contributed by atoms with Crippen molar-refractivity contribution in [3.8, 4) is 0 Å². The predicted octanol–water partition coefficient (Wildman–Crippen LogP) is 4.75. The number of aromatic nitrogens is 1. The highest BCUT2D eigenvalue weighted by molar-refractivity contribution is 7.91. The Hall–Kier alpha value is -2.40. The standard InChI is InChI=1S/C22H24N2O2S/c1-16-10-12-18(13-11-16)27(25,26)21-15-23-20-9-4-3-8-19(20)22(21)24-14-6-5-7-17(24)2/h3-4,8-13,15,17H,5-7,14H2,1-2H3/t17-/m0/s1. The summed E-state index contributed by atoms with van der Waals surface area (Å²) in [7, 11) is -3.65. The van der Waals surface area contributed by atoms with E-state index in [4.69, 9.17) is 0 Å². The fourth-order valence-electron chi connectivity index (χ4n) is 3.88. The molecule has 1 aromatic heterocycles. The second kappa shape index (κ2) is 6.97. The van der Waals surface area contributed by atoms with Gasteiger partial charge in [0.05, 0.1) is 16.1 Å². The third-order valence-corrected chi connectivity index (χ3v) is 7.19. The maximum atomic E-state index is 13.5. The molecule has 1 aliphatic heterocycles. The molecule has 0 aliphatic carbocycles. The van der Waals surface area contributed by atoms with Crippen LogP contribution < -0.4 is 4.90 Å². The van der Waals surface area contributed by atoms with Gasteiger partial charge >= 0.3 is 0 Å². The molecule has 0 N–H and O–H groups in total. The lowest BCUT2D eigenvalue weighted by molar-refractivity contribution is 0.483. The molecule has 1 aliphatic rings. The third-order valence-electron chi connectivity index (χ3n) is 5.42. The molecular weight excluding hydrogens is 356 g/mol. The first kappa shape index (κ1) is 18.0. The fourth-order valence-corrected chi connectivity index (χ4v) is 5.30. The van der Waals surface area contributed by atoms with E-state index in [1.54, 1.807) is 12.1 Å². The molecule has 0 radical (unpaired) electrons. The van der Waals surface area contributed by atoms with Crippen LogP contribution in [0.2, 0.25) is 0 Å². The maximum absolute atomic E-state index is 13.5. The Labute approximate surface area is 160 Å². The Morgan fingerprint density at radius 2 is 1.78 bits per heavy atom. The topological polar surface area (TPSA) is 50.3 Å². The number of anilines is 1. The van der Waals surface area contributed by atoms with Crippen LogP contribution in [0.4, 0.5) is 5.69 Å². The Kier molecular flexibility index (Phi) is 4.64. The van der Waals surface area contributed by atoms with Gasteiger partial charge in [-0.2, -0.15) is 0 Å². The highest BCUT2D eigenvalue weighted by Crippen LogP contribution is 2.38. The van der Waals surface area contributed by atoms with Crippen LogP contribution in [0, 0.1) is 6.92 Å². The number of rotatable bonds is 3. The lowest BCUT2D eigenvalue weighted by Crippen LogP contribution is -2.38. The second-order valence-electron chi connectivity index (χ2n) is 7.34. The van der Waals surface area contributed by atoms with Gasteiger partial charge in [-0.25, -0.2) is 8.42 Å². The van der Waals surface area contributed by atoms with Crippen LogP contribution in [0.15, 0.2) is 64.5 Å². The van der Waals surface area contributed by atoms with Crippen LogP contribution >= 0.6 is 0 Å². The van der Waals surface area contributed by atoms with Crippen molar-refractivity contribution in [2.75, 3.05) is 11.4 Å². The van der Waals surface area contributed by atoms with Crippen LogP contribution in [0.3, 0.4) is 0 Å². The lowest BCUT2D eigenvalue weighted by atomic mass is 10.0. The molecule has 2 aromatic carbocycles. The van der Waals surface area contributed by atoms with E-state index in [0.717, 1.165) is 41.5 Å². The fraction of sp³-hybridized carbons (Fsp3) is 0.318.